The average molecular weight is 415 g/mol. The van der Waals surface area contributed by atoms with E-state index in [1.54, 1.807) is 11.2 Å². The predicted octanol–water partition coefficient (Wildman–Crippen LogP) is 3.87. The lowest BCUT2D eigenvalue weighted by atomic mass is 10.0. The van der Waals surface area contributed by atoms with E-state index in [1.165, 1.54) is 0 Å². The number of imidazole rings is 1. The number of carbonyl (C=O) groups excluding carboxylic acids is 1. The monoisotopic (exact) mass is 415 g/mol. The first-order valence-electron chi connectivity index (χ1n) is 10.4. The highest BCUT2D eigenvalue weighted by Gasteiger charge is 2.32. The number of fused-ring (bicyclic) bond motifs is 1. The van der Waals surface area contributed by atoms with Gasteiger partial charge in [0.2, 0.25) is 0 Å². The Hall–Kier alpha value is -3.79. The number of H-pyrrole nitrogens is 1. The quantitative estimate of drug-likeness (QED) is 0.684. The zero-order valence-electron chi connectivity index (χ0n) is 17.5. The summed E-state index contributed by atoms with van der Waals surface area (Å²) in [5, 5.41) is 9.41. The molecule has 2 heterocycles. The van der Waals surface area contributed by atoms with Crippen molar-refractivity contribution in [3.63, 3.8) is 0 Å². The lowest BCUT2D eigenvalue weighted by Gasteiger charge is -2.32. The number of benzene rings is 2. The Morgan fingerprint density at radius 1 is 1.29 bits per heavy atom. The number of amides is 1. The van der Waals surface area contributed by atoms with Crippen molar-refractivity contribution in [3.05, 3.63) is 83.4 Å². The van der Waals surface area contributed by atoms with Crippen molar-refractivity contribution in [2.75, 3.05) is 18.1 Å². The zero-order chi connectivity index (χ0) is 21.6. The van der Waals surface area contributed by atoms with Gasteiger partial charge in [-0.15, -0.1) is 0 Å². The summed E-state index contributed by atoms with van der Waals surface area (Å²) in [5.41, 5.74) is 4.66. The molecule has 0 radical (unpaired) electrons. The first kappa shape index (κ1) is 20.5. The van der Waals surface area contributed by atoms with Gasteiger partial charge < -0.3 is 14.6 Å². The Balaban J connectivity index is 1.74. The maximum Gasteiger partial charge on any atom is 0.410 e. The van der Waals surface area contributed by atoms with E-state index >= 15 is 0 Å². The molecule has 2 aromatic carbocycles. The molecule has 1 N–H and O–H groups in total. The van der Waals surface area contributed by atoms with Crippen LogP contribution in [0.15, 0.2) is 61.1 Å². The third-order valence-corrected chi connectivity index (χ3v) is 5.49. The lowest BCUT2D eigenvalue weighted by Crippen LogP contribution is -2.46. The second kappa shape index (κ2) is 9.35. The summed E-state index contributed by atoms with van der Waals surface area (Å²) < 4.78 is 5.40. The molecule has 1 atom stereocenters. The maximum atomic E-state index is 12.9. The van der Waals surface area contributed by atoms with Crippen LogP contribution in [0.1, 0.15) is 29.3 Å². The van der Waals surface area contributed by atoms with E-state index in [2.05, 4.69) is 33.1 Å². The SMILES string of the molecule is CCOC(=O)N1Cc2cc(C#N)ccc2N(Cc2cnc[nH]2)C[C@H]1Cc1ccccc1. The van der Waals surface area contributed by atoms with Crippen LogP contribution in [0.5, 0.6) is 0 Å². The van der Waals surface area contributed by atoms with Crippen molar-refractivity contribution in [2.45, 2.75) is 32.5 Å². The van der Waals surface area contributed by atoms with Gasteiger partial charge in [-0.2, -0.15) is 5.26 Å². The van der Waals surface area contributed by atoms with Crippen molar-refractivity contribution < 1.29 is 9.53 Å². The first-order valence-corrected chi connectivity index (χ1v) is 10.4. The predicted molar refractivity (Wildman–Crippen MR) is 117 cm³/mol. The van der Waals surface area contributed by atoms with E-state index in [0.29, 0.717) is 38.2 Å². The number of hydrogen-bond acceptors (Lipinski definition) is 5. The summed E-state index contributed by atoms with van der Waals surface area (Å²) in [6.07, 6.45) is 3.85. The number of hydrogen-bond donors (Lipinski definition) is 1. The van der Waals surface area contributed by atoms with Gasteiger partial charge in [0.15, 0.2) is 0 Å². The van der Waals surface area contributed by atoms with Crippen molar-refractivity contribution in [2.24, 2.45) is 0 Å². The molecule has 0 saturated carbocycles. The maximum absolute atomic E-state index is 12.9. The van der Waals surface area contributed by atoms with Crippen molar-refractivity contribution in [3.8, 4) is 6.07 Å². The molecule has 0 saturated heterocycles. The van der Waals surface area contributed by atoms with Crippen molar-refractivity contribution in [1.29, 1.82) is 5.26 Å². The highest BCUT2D eigenvalue weighted by molar-refractivity contribution is 5.70. The standard InChI is InChI=1S/C24H25N5O2/c1-2-31-24(30)29-14-20-10-19(12-25)8-9-23(20)28(15-21-13-26-17-27-21)16-22(29)11-18-6-4-3-5-7-18/h3-10,13,17,22H,2,11,14-16H2,1H3,(H,26,27)/t22-/m1/s1. The summed E-state index contributed by atoms with van der Waals surface area (Å²) >= 11 is 0. The Morgan fingerprint density at radius 2 is 2.13 bits per heavy atom. The fraction of sp³-hybridized carbons (Fsp3) is 0.292. The van der Waals surface area contributed by atoms with E-state index in [-0.39, 0.29) is 12.1 Å². The minimum Gasteiger partial charge on any atom is -0.450 e. The van der Waals surface area contributed by atoms with Crippen LogP contribution in [0.4, 0.5) is 10.5 Å². The second-order valence-corrected chi connectivity index (χ2v) is 7.58. The molecule has 7 nitrogen and oxygen atoms in total. The normalized spacial score (nSPS) is 15.7. The fourth-order valence-corrected chi connectivity index (χ4v) is 4.06. The van der Waals surface area contributed by atoms with Gasteiger partial charge in [0, 0.05) is 18.4 Å². The third kappa shape index (κ3) is 4.69. The summed E-state index contributed by atoms with van der Waals surface area (Å²) in [6.45, 7) is 3.78. The minimum atomic E-state index is -0.333. The molecule has 31 heavy (non-hydrogen) atoms. The zero-order valence-corrected chi connectivity index (χ0v) is 17.5. The van der Waals surface area contributed by atoms with Gasteiger partial charge in [0.25, 0.3) is 0 Å². The molecule has 3 aromatic rings. The molecule has 0 unspecified atom stereocenters. The van der Waals surface area contributed by atoms with Crippen LogP contribution in [0.25, 0.3) is 0 Å². The van der Waals surface area contributed by atoms with Gasteiger partial charge in [0.05, 0.1) is 49.4 Å². The average Bonchev–Trinajstić information content (AvgIpc) is 3.25. The van der Waals surface area contributed by atoms with E-state index in [9.17, 15) is 10.1 Å². The molecular formula is C24H25N5O2. The Bertz CT molecular complexity index is 1060. The second-order valence-electron chi connectivity index (χ2n) is 7.58. The van der Waals surface area contributed by atoms with Gasteiger partial charge in [-0.25, -0.2) is 9.78 Å². The van der Waals surface area contributed by atoms with E-state index in [1.807, 2.05) is 49.5 Å². The Labute approximate surface area is 181 Å². The van der Waals surface area contributed by atoms with Crippen LogP contribution < -0.4 is 4.90 Å². The van der Waals surface area contributed by atoms with Crippen LogP contribution >= 0.6 is 0 Å². The number of nitrogens with zero attached hydrogens (tertiary/aromatic N) is 4. The van der Waals surface area contributed by atoms with Crippen LogP contribution in [0.3, 0.4) is 0 Å². The van der Waals surface area contributed by atoms with E-state index in [4.69, 9.17) is 4.74 Å². The number of nitriles is 1. The van der Waals surface area contributed by atoms with E-state index in [0.717, 1.165) is 22.5 Å². The topological polar surface area (TPSA) is 85.2 Å². The molecule has 158 valence electrons. The highest BCUT2D eigenvalue weighted by atomic mass is 16.6. The van der Waals surface area contributed by atoms with Crippen molar-refractivity contribution >= 4 is 11.8 Å². The Morgan fingerprint density at radius 3 is 2.84 bits per heavy atom. The molecule has 0 fully saturated rings. The molecule has 0 bridgehead atoms. The largest absolute Gasteiger partial charge is 0.450 e. The number of anilines is 1. The Kier molecular flexibility index (Phi) is 6.18. The van der Waals surface area contributed by atoms with Gasteiger partial charge >= 0.3 is 6.09 Å². The van der Waals surface area contributed by atoms with E-state index < -0.39 is 0 Å². The molecule has 1 amide bonds. The van der Waals surface area contributed by atoms with Gasteiger partial charge in [-0.1, -0.05) is 30.3 Å². The van der Waals surface area contributed by atoms with Gasteiger partial charge in [0.1, 0.15) is 0 Å². The highest BCUT2D eigenvalue weighted by Crippen LogP contribution is 2.31. The minimum absolute atomic E-state index is 0.0951. The number of ether oxygens (including phenoxy) is 1. The molecule has 1 aromatic heterocycles. The number of aromatic amines is 1. The van der Waals surface area contributed by atoms with Crippen LogP contribution in [-0.2, 0) is 24.2 Å². The number of carbonyl (C=O) groups is 1. The van der Waals surface area contributed by atoms with Gasteiger partial charge in [-0.3, -0.25) is 4.90 Å². The first-order chi connectivity index (χ1) is 15.2. The summed E-state index contributed by atoms with van der Waals surface area (Å²) in [4.78, 5) is 24.3. The molecule has 7 heteroatoms. The van der Waals surface area contributed by atoms with Gasteiger partial charge in [-0.05, 0) is 42.7 Å². The lowest BCUT2D eigenvalue weighted by molar-refractivity contribution is 0.0887. The molecular weight excluding hydrogens is 390 g/mol. The molecule has 1 aliphatic rings. The van der Waals surface area contributed by atoms with Crippen molar-refractivity contribution in [1.82, 2.24) is 14.9 Å². The molecule has 4 rings (SSSR count). The molecule has 0 spiro atoms. The smallest absolute Gasteiger partial charge is 0.410 e. The number of aromatic nitrogens is 2. The summed E-state index contributed by atoms with van der Waals surface area (Å²) in [7, 11) is 0. The summed E-state index contributed by atoms with van der Waals surface area (Å²) in [5.74, 6) is 0. The summed E-state index contributed by atoms with van der Waals surface area (Å²) in [6, 6.07) is 17.9. The van der Waals surface area contributed by atoms with Crippen LogP contribution in [-0.4, -0.2) is 40.2 Å². The fourth-order valence-electron chi connectivity index (χ4n) is 4.06. The molecule has 0 aliphatic carbocycles. The van der Waals surface area contributed by atoms with Crippen LogP contribution in [0, 0.1) is 11.3 Å². The number of nitrogens with one attached hydrogen (secondary N) is 1. The molecule has 1 aliphatic heterocycles. The van der Waals surface area contributed by atoms with Crippen LogP contribution in [0.2, 0.25) is 0 Å². The third-order valence-electron chi connectivity index (χ3n) is 5.49. The number of rotatable bonds is 5.